The Morgan fingerprint density at radius 2 is 1.50 bits per heavy atom. The summed E-state index contributed by atoms with van der Waals surface area (Å²) in [7, 11) is 4.33. The molecule has 2 N–H and O–H groups in total. The molecular formula is C38H60ClFN4O2. The number of aryl methyl sites for hydroxylation is 2. The monoisotopic (exact) mass is 658 g/mol. The van der Waals surface area contributed by atoms with Crippen LogP contribution in [0.3, 0.4) is 0 Å². The highest BCUT2D eigenvalue weighted by molar-refractivity contribution is 6.31. The molecule has 2 saturated heterocycles. The van der Waals surface area contributed by atoms with Gasteiger partial charge in [0.05, 0.1) is 11.2 Å². The van der Waals surface area contributed by atoms with Gasteiger partial charge in [-0.3, -0.25) is 4.90 Å². The first-order chi connectivity index (χ1) is 21.7. The van der Waals surface area contributed by atoms with Gasteiger partial charge in [-0.1, -0.05) is 62.2 Å². The summed E-state index contributed by atoms with van der Waals surface area (Å²) in [5, 5.41) is 25.4. The molecule has 0 spiro atoms. The van der Waals surface area contributed by atoms with E-state index < -0.39 is 11.2 Å². The second-order valence-corrected chi connectivity index (χ2v) is 15.2. The van der Waals surface area contributed by atoms with Crippen LogP contribution in [0.2, 0.25) is 5.02 Å². The van der Waals surface area contributed by atoms with E-state index in [4.69, 9.17) is 11.6 Å². The van der Waals surface area contributed by atoms with Crippen LogP contribution >= 0.6 is 11.6 Å². The van der Waals surface area contributed by atoms with Crippen LogP contribution < -0.4 is 0 Å². The van der Waals surface area contributed by atoms with E-state index in [0.29, 0.717) is 29.8 Å². The number of hydrogen-bond acceptors (Lipinski definition) is 6. The first kappa shape index (κ1) is 37.2. The maximum Gasteiger partial charge on any atom is 0.127 e. The third kappa shape index (κ3) is 9.31. The normalized spacial score (nSPS) is 22.2. The molecule has 2 fully saturated rings. The third-order valence-electron chi connectivity index (χ3n) is 11.5. The van der Waals surface area contributed by atoms with Crippen molar-refractivity contribution in [2.45, 2.75) is 84.0 Å². The molecule has 4 rings (SSSR count). The topological polar surface area (TPSA) is 53.4 Å². The van der Waals surface area contributed by atoms with E-state index in [2.05, 4.69) is 79.6 Å². The minimum Gasteiger partial charge on any atom is -0.389 e. The Bertz CT molecular complexity index is 1250. The maximum absolute atomic E-state index is 15.0. The number of piperazine rings is 2. The van der Waals surface area contributed by atoms with Gasteiger partial charge in [0.25, 0.3) is 0 Å². The first-order valence-electron chi connectivity index (χ1n) is 17.5. The van der Waals surface area contributed by atoms with Crippen molar-refractivity contribution in [1.82, 2.24) is 19.6 Å². The zero-order valence-electron chi connectivity index (χ0n) is 29.5. The Morgan fingerprint density at radius 3 is 2.11 bits per heavy atom. The molecule has 2 aromatic carbocycles. The zero-order chi connectivity index (χ0) is 33.6. The van der Waals surface area contributed by atoms with E-state index in [1.807, 2.05) is 6.92 Å². The van der Waals surface area contributed by atoms with Gasteiger partial charge in [-0.15, -0.1) is 0 Å². The van der Waals surface area contributed by atoms with Crippen LogP contribution in [0.4, 0.5) is 4.39 Å². The van der Waals surface area contributed by atoms with Crippen LogP contribution in [-0.4, -0.2) is 120 Å². The average Bonchev–Trinajstić information content (AvgIpc) is 3.02. The van der Waals surface area contributed by atoms with Gasteiger partial charge in [0.2, 0.25) is 0 Å². The molecule has 2 heterocycles. The van der Waals surface area contributed by atoms with Crippen molar-refractivity contribution in [3.05, 3.63) is 69.5 Å². The van der Waals surface area contributed by atoms with Crippen molar-refractivity contribution in [3.8, 4) is 0 Å². The molecule has 2 aliphatic heterocycles. The molecule has 8 heteroatoms. The summed E-state index contributed by atoms with van der Waals surface area (Å²) in [6, 6.07) is 11.3. The number of benzene rings is 2. The Balaban J connectivity index is 1.63. The zero-order valence-corrected chi connectivity index (χ0v) is 30.3. The van der Waals surface area contributed by atoms with Crippen molar-refractivity contribution in [2.24, 2.45) is 11.8 Å². The molecule has 0 saturated carbocycles. The van der Waals surface area contributed by atoms with Crippen molar-refractivity contribution in [1.29, 1.82) is 0 Å². The Labute approximate surface area is 283 Å². The fourth-order valence-corrected chi connectivity index (χ4v) is 7.92. The quantitative estimate of drug-likeness (QED) is 0.273. The first-order valence-corrected chi connectivity index (χ1v) is 17.9. The number of likely N-dealkylation sites (N-methyl/N-ethyl adjacent to an activating group) is 2. The predicted octanol–water partition coefficient (Wildman–Crippen LogP) is 5.67. The number of nitrogens with zero attached hydrogens (tertiary/aromatic N) is 4. The van der Waals surface area contributed by atoms with Gasteiger partial charge in [0.1, 0.15) is 5.82 Å². The van der Waals surface area contributed by atoms with E-state index in [1.54, 1.807) is 12.1 Å². The summed E-state index contributed by atoms with van der Waals surface area (Å²) in [6.45, 7) is 19.3. The van der Waals surface area contributed by atoms with E-state index in [1.165, 1.54) is 22.8 Å². The number of rotatable bonds is 14. The molecule has 5 atom stereocenters. The highest BCUT2D eigenvalue weighted by Crippen LogP contribution is 2.38. The molecule has 0 bridgehead atoms. The van der Waals surface area contributed by atoms with Crippen LogP contribution in [0.25, 0.3) is 0 Å². The van der Waals surface area contributed by atoms with Crippen molar-refractivity contribution >= 4 is 11.6 Å². The largest absolute Gasteiger partial charge is 0.389 e. The van der Waals surface area contributed by atoms with E-state index in [9.17, 15) is 10.2 Å². The minimum absolute atomic E-state index is 0.0187. The highest BCUT2D eigenvalue weighted by atomic mass is 35.5. The second kappa shape index (κ2) is 16.2. The van der Waals surface area contributed by atoms with Crippen molar-refractivity contribution < 1.29 is 14.6 Å². The fraction of sp³-hybridized carbons (Fsp3) is 0.684. The summed E-state index contributed by atoms with van der Waals surface area (Å²) in [4.78, 5) is 9.73. The number of hydrogen-bond donors (Lipinski definition) is 2. The van der Waals surface area contributed by atoms with E-state index in [0.717, 1.165) is 65.3 Å². The molecule has 46 heavy (non-hydrogen) atoms. The van der Waals surface area contributed by atoms with Gasteiger partial charge < -0.3 is 24.9 Å². The summed E-state index contributed by atoms with van der Waals surface area (Å²) in [5.41, 5.74) is 1.92. The molecule has 2 aromatic rings. The van der Waals surface area contributed by atoms with Gasteiger partial charge in [0, 0.05) is 94.3 Å². The lowest BCUT2D eigenvalue weighted by Crippen LogP contribution is -2.57. The van der Waals surface area contributed by atoms with Gasteiger partial charge in [0.15, 0.2) is 0 Å². The molecule has 6 nitrogen and oxygen atoms in total. The van der Waals surface area contributed by atoms with Gasteiger partial charge in [-0.25, -0.2) is 4.39 Å². The lowest BCUT2D eigenvalue weighted by atomic mass is 9.72. The average molecular weight is 659 g/mol. The van der Waals surface area contributed by atoms with Gasteiger partial charge in [-0.2, -0.15) is 0 Å². The Hall–Kier alpha value is -1.58. The number of halogens is 2. The summed E-state index contributed by atoms with van der Waals surface area (Å²) in [6.07, 6.45) is 2.61. The van der Waals surface area contributed by atoms with E-state index in [-0.39, 0.29) is 30.1 Å². The van der Waals surface area contributed by atoms with Gasteiger partial charge >= 0.3 is 0 Å². The molecular weight excluding hydrogens is 599 g/mol. The molecule has 0 amide bonds. The second-order valence-electron chi connectivity index (χ2n) is 14.8. The molecule has 5 unspecified atom stereocenters. The van der Waals surface area contributed by atoms with Crippen molar-refractivity contribution in [3.63, 3.8) is 0 Å². The molecule has 258 valence electrons. The summed E-state index contributed by atoms with van der Waals surface area (Å²) >= 11 is 6.48. The highest BCUT2D eigenvalue weighted by Gasteiger charge is 2.43. The third-order valence-corrected chi connectivity index (χ3v) is 11.9. The molecule has 0 aromatic heterocycles. The minimum atomic E-state index is -1.16. The summed E-state index contributed by atoms with van der Waals surface area (Å²) < 4.78 is 15.0. The van der Waals surface area contributed by atoms with Gasteiger partial charge in [-0.05, 0) is 76.4 Å². The van der Waals surface area contributed by atoms with Crippen LogP contribution in [-0.2, 0) is 12.8 Å². The molecule has 0 aliphatic carbocycles. The van der Waals surface area contributed by atoms with E-state index >= 15 is 4.39 Å². The number of aliphatic hydroxyl groups is 2. The summed E-state index contributed by atoms with van der Waals surface area (Å²) in [5.74, 6) is -0.487. The van der Waals surface area contributed by atoms with Crippen LogP contribution in [0.5, 0.6) is 0 Å². The van der Waals surface area contributed by atoms with Crippen LogP contribution in [0.1, 0.15) is 62.3 Å². The lowest BCUT2D eigenvalue weighted by molar-refractivity contribution is -0.0755. The van der Waals surface area contributed by atoms with Crippen molar-refractivity contribution in [2.75, 3.05) is 73.0 Å². The molecule has 0 radical (unpaired) electrons. The maximum atomic E-state index is 15.0. The standard InChI is InChI=1S/C38H60ClFN4O2/c1-8-37(45,26-33-34(39)10-9-11-35(33)40)31(5)36(44-22-18-42(7)19-23-44)14-15-38(46,25-32-24-28(2)12-13-29(32)3)30(4)27-43-20-16-41(6)17-21-43/h9-13,24,30-31,36,45-46H,8,14-23,25-27H2,1-7H3. The lowest BCUT2D eigenvalue weighted by Gasteiger charge is -2.47. The molecule has 2 aliphatic rings. The Kier molecular flexibility index (Phi) is 13.1. The predicted molar refractivity (Wildman–Crippen MR) is 189 cm³/mol. The van der Waals surface area contributed by atoms with Crippen LogP contribution in [0.15, 0.2) is 36.4 Å². The van der Waals surface area contributed by atoms with Crippen LogP contribution in [0, 0.1) is 31.5 Å². The SMILES string of the molecule is CCC(O)(Cc1c(F)cccc1Cl)C(C)C(CCC(O)(Cc1cc(C)ccc1C)C(C)CN1CCN(C)CC1)N1CCN(C)CC1. The Morgan fingerprint density at radius 1 is 0.870 bits per heavy atom. The smallest absolute Gasteiger partial charge is 0.127 e. The fourth-order valence-electron chi connectivity index (χ4n) is 7.69.